The molecular formula is C19H11NO6. The summed E-state index contributed by atoms with van der Waals surface area (Å²) < 4.78 is 27.5. The van der Waals surface area contributed by atoms with Gasteiger partial charge in [-0.05, 0) is 24.3 Å². The molecule has 0 fully saturated rings. The molecule has 7 nitrogen and oxygen atoms in total. The van der Waals surface area contributed by atoms with Crippen LogP contribution < -0.4 is 18.9 Å². The van der Waals surface area contributed by atoms with Crippen LogP contribution in [0.3, 0.4) is 0 Å². The number of aromatic nitrogens is 1. The molecule has 0 amide bonds. The van der Waals surface area contributed by atoms with Gasteiger partial charge in [0.05, 0.1) is 5.69 Å². The largest absolute Gasteiger partial charge is 0.454 e. The van der Waals surface area contributed by atoms with Crippen LogP contribution in [0.2, 0.25) is 0 Å². The van der Waals surface area contributed by atoms with Crippen molar-refractivity contribution in [2.75, 3.05) is 13.6 Å². The SMILES string of the molecule is O=C1O[C@@H](c2nccc3c4c(ccc23)OCO4)c2ccc3c(c21)OCO3. The van der Waals surface area contributed by atoms with E-state index in [0.717, 1.165) is 16.3 Å². The van der Waals surface area contributed by atoms with Gasteiger partial charge in [0.2, 0.25) is 13.6 Å². The molecule has 0 spiro atoms. The minimum absolute atomic E-state index is 0.0970. The van der Waals surface area contributed by atoms with Crippen LogP contribution in [0.4, 0.5) is 0 Å². The maximum absolute atomic E-state index is 12.5. The Morgan fingerprint density at radius 2 is 1.62 bits per heavy atom. The Labute approximate surface area is 147 Å². The third-order valence-corrected chi connectivity index (χ3v) is 4.84. The maximum atomic E-state index is 12.5. The van der Waals surface area contributed by atoms with E-state index in [1.54, 1.807) is 12.3 Å². The Morgan fingerprint density at radius 3 is 2.50 bits per heavy atom. The number of rotatable bonds is 1. The van der Waals surface area contributed by atoms with Crippen molar-refractivity contribution in [3.05, 3.63) is 53.3 Å². The minimum atomic E-state index is -0.615. The number of pyridine rings is 1. The summed E-state index contributed by atoms with van der Waals surface area (Å²) in [5, 5.41) is 1.72. The molecule has 1 aromatic heterocycles. The molecule has 2 aromatic carbocycles. The number of hydrogen-bond acceptors (Lipinski definition) is 7. The highest BCUT2D eigenvalue weighted by Gasteiger charge is 2.39. The second-order valence-corrected chi connectivity index (χ2v) is 6.14. The molecule has 0 aliphatic carbocycles. The number of fused-ring (bicyclic) bond motifs is 6. The molecule has 0 bridgehead atoms. The van der Waals surface area contributed by atoms with Crippen LogP contribution >= 0.6 is 0 Å². The van der Waals surface area contributed by atoms with Gasteiger partial charge in [0, 0.05) is 22.5 Å². The van der Waals surface area contributed by atoms with Crippen LogP contribution in [0.1, 0.15) is 27.7 Å². The first-order valence-corrected chi connectivity index (χ1v) is 8.12. The van der Waals surface area contributed by atoms with Crippen molar-refractivity contribution in [2.24, 2.45) is 0 Å². The van der Waals surface area contributed by atoms with Crippen molar-refractivity contribution >= 4 is 16.7 Å². The summed E-state index contributed by atoms with van der Waals surface area (Å²) in [6, 6.07) is 9.22. The fourth-order valence-electron chi connectivity index (χ4n) is 3.70. The van der Waals surface area contributed by atoms with Crippen LogP contribution in [0.25, 0.3) is 10.8 Å². The summed E-state index contributed by atoms with van der Waals surface area (Å²) in [5.74, 6) is 1.93. The van der Waals surface area contributed by atoms with Crippen LogP contribution in [-0.2, 0) is 4.74 Å². The van der Waals surface area contributed by atoms with E-state index in [-0.39, 0.29) is 13.6 Å². The average Bonchev–Trinajstić information content (AvgIpc) is 3.38. The highest BCUT2D eigenvalue weighted by molar-refractivity contribution is 6.00. The maximum Gasteiger partial charge on any atom is 0.343 e. The molecule has 0 saturated carbocycles. The lowest BCUT2D eigenvalue weighted by Crippen LogP contribution is -2.04. The van der Waals surface area contributed by atoms with E-state index < -0.39 is 12.1 Å². The zero-order valence-corrected chi connectivity index (χ0v) is 13.4. The van der Waals surface area contributed by atoms with Gasteiger partial charge in [-0.2, -0.15) is 0 Å². The molecule has 0 radical (unpaired) electrons. The fraction of sp³-hybridized carbons (Fsp3) is 0.158. The van der Waals surface area contributed by atoms with Crippen molar-refractivity contribution < 1.29 is 28.5 Å². The number of cyclic esters (lactones) is 1. The minimum Gasteiger partial charge on any atom is -0.454 e. The van der Waals surface area contributed by atoms with E-state index in [4.69, 9.17) is 23.7 Å². The van der Waals surface area contributed by atoms with Gasteiger partial charge in [-0.3, -0.25) is 4.98 Å². The summed E-state index contributed by atoms with van der Waals surface area (Å²) in [5.41, 5.74) is 1.77. The highest BCUT2D eigenvalue weighted by atomic mass is 16.7. The molecule has 128 valence electrons. The second kappa shape index (κ2) is 4.78. The Morgan fingerprint density at radius 1 is 0.846 bits per heavy atom. The van der Waals surface area contributed by atoms with Gasteiger partial charge in [0.15, 0.2) is 29.1 Å². The van der Waals surface area contributed by atoms with Gasteiger partial charge in [-0.1, -0.05) is 6.07 Å². The molecule has 3 aliphatic rings. The van der Waals surface area contributed by atoms with Gasteiger partial charge in [0.1, 0.15) is 5.56 Å². The normalized spacial score (nSPS) is 18.9. The predicted molar refractivity (Wildman–Crippen MR) is 87.7 cm³/mol. The van der Waals surface area contributed by atoms with Crippen LogP contribution in [0.5, 0.6) is 23.0 Å². The fourth-order valence-corrected chi connectivity index (χ4v) is 3.70. The number of carbonyl (C=O) groups excluding carboxylic acids is 1. The summed E-state index contributed by atoms with van der Waals surface area (Å²) >= 11 is 0. The van der Waals surface area contributed by atoms with Crippen molar-refractivity contribution in [2.45, 2.75) is 6.10 Å². The Kier molecular flexibility index (Phi) is 2.53. The molecule has 7 heteroatoms. The van der Waals surface area contributed by atoms with Gasteiger partial charge >= 0.3 is 5.97 Å². The van der Waals surface area contributed by atoms with E-state index in [9.17, 15) is 4.79 Å². The number of esters is 1. The zero-order valence-electron chi connectivity index (χ0n) is 13.4. The lowest BCUT2D eigenvalue weighted by molar-refractivity contribution is 0.0449. The lowest BCUT2D eigenvalue weighted by Gasteiger charge is -2.13. The van der Waals surface area contributed by atoms with Crippen LogP contribution in [0, 0.1) is 0 Å². The third kappa shape index (κ3) is 1.67. The van der Waals surface area contributed by atoms with Crippen LogP contribution in [-0.4, -0.2) is 24.5 Å². The third-order valence-electron chi connectivity index (χ3n) is 4.84. The van der Waals surface area contributed by atoms with Crippen molar-refractivity contribution in [1.82, 2.24) is 4.98 Å². The number of benzene rings is 2. The molecule has 26 heavy (non-hydrogen) atoms. The first-order valence-electron chi connectivity index (χ1n) is 8.12. The second-order valence-electron chi connectivity index (χ2n) is 6.14. The van der Waals surface area contributed by atoms with Crippen molar-refractivity contribution in [3.63, 3.8) is 0 Å². The highest BCUT2D eigenvalue weighted by Crippen LogP contribution is 2.48. The lowest BCUT2D eigenvalue weighted by atomic mass is 9.98. The summed E-state index contributed by atoms with van der Waals surface area (Å²) in [6.45, 7) is 0.288. The zero-order chi connectivity index (χ0) is 17.3. The Bertz CT molecular complexity index is 1110. The predicted octanol–water partition coefficient (Wildman–Crippen LogP) is 2.95. The summed E-state index contributed by atoms with van der Waals surface area (Å²) in [6.07, 6.45) is 1.06. The Hall–Kier alpha value is -3.48. The average molecular weight is 349 g/mol. The van der Waals surface area contributed by atoms with Gasteiger partial charge in [-0.25, -0.2) is 4.79 Å². The standard InChI is InChI=1S/C19H11NO6/c21-19-14-11(2-4-13-18(14)25-8-23-13)17(26-19)15-9-1-3-12-16(24-7-22-12)10(9)5-6-20-15/h1-6,17H,7-8H2/t17-/m1/s1. The molecule has 4 heterocycles. The quantitative estimate of drug-likeness (QED) is 0.625. The van der Waals surface area contributed by atoms with Crippen LogP contribution in [0.15, 0.2) is 36.5 Å². The molecule has 0 saturated heterocycles. The number of carbonyl (C=O) groups is 1. The van der Waals surface area contributed by atoms with E-state index in [2.05, 4.69) is 4.98 Å². The monoisotopic (exact) mass is 349 g/mol. The van der Waals surface area contributed by atoms with E-state index >= 15 is 0 Å². The summed E-state index contributed by atoms with van der Waals surface area (Å²) in [7, 11) is 0. The molecule has 0 N–H and O–H groups in total. The first kappa shape index (κ1) is 13.8. The van der Waals surface area contributed by atoms with Crippen molar-refractivity contribution in [1.29, 1.82) is 0 Å². The number of nitrogens with zero attached hydrogens (tertiary/aromatic N) is 1. The molecule has 3 aliphatic heterocycles. The van der Waals surface area contributed by atoms with Gasteiger partial charge in [-0.15, -0.1) is 0 Å². The van der Waals surface area contributed by atoms with Crippen molar-refractivity contribution in [3.8, 4) is 23.0 Å². The van der Waals surface area contributed by atoms with E-state index in [0.29, 0.717) is 34.3 Å². The molecular weight excluding hydrogens is 338 g/mol. The van der Waals surface area contributed by atoms with E-state index in [1.807, 2.05) is 24.3 Å². The van der Waals surface area contributed by atoms with Gasteiger partial charge in [0.25, 0.3) is 0 Å². The van der Waals surface area contributed by atoms with E-state index in [1.165, 1.54) is 0 Å². The molecule has 1 atom stereocenters. The smallest absolute Gasteiger partial charge is 0.343 e. The first-order chi connectivity index (χ1) is 12.8. The molecule has 3 aromatic rings. The number of hydrogen-bond donors (Lipinski definition) is 0. The van der Waals surface area contributed by atoms with Gasteiger partial charge < -0.3 is 23.7 Å². The summed E-state index contributed by atoms with van der Waals surface area (Å²) in [4.78, 5) is 17.0. The number of ether oxygens (including phenoxy) is 5. The molecule has 0 unspecified atom stereocenters. The Balaban J connectivity index is 1.57. The molecule has 6 rings (SSSR count). The topological polar surface area (TPSA) is 76.1 Å².